The van der Waals surface area contributed by atoms with E-state index in [1.54, 1.807) is 12.1 Å². The normalized spacial score (nSPS) is 24.9. The number of hydrogen-bond donors (Lipinski definition) is 2. The molecule has 4 heteroatoms. The minimum atomic E-state index is -0.203. The van der Waals surface area contributed by atoms with Crippen LogP contribution in [0.15, 0.2) is 24.3 Å². The summed E-state index contributed by atoms with van der Waals surface area (Å²) in [7, 11) is 0. The Morgan fingerprint density at radius 1 is 1.40 bits per heavy atom. The van der Waals surface area contributed by atoms with Crippen molar-refractivity contribution in [1.29, 1.82) is 0 Å². The van der Waals surface area contributed by atoms with Crippen LogP contribution in [0, 0.1) is 11.7 Å². The van der Waals surface area contributed by atoms with Crippen molar-refractivity contribution in [3.8, 4) is 0 Å². The van der Waals surface area contributed by atoms with Crippen molar-refractivity contribution in [2.45, 2.75) is 5.92 Å². The Labute approximate surface area is 94.9 Å². The second-order valence-corrected chi connectivity index (χ2v) is 3.76. The third-order valence-corrected chi connectivity index (χ3v) is 2.85. The SMILES string of the molecule is Cl.OCC1CNCC1c1cccc(F)c1. The number of benzene rings is 1. The van der Waals surface area contributed by atoms with Crippen molar-refractivity contribution in [2.75, 3.05) is 19.7 Å². The molecule has 0 aromatic heterocycles. The molecule has 1 aliphatic heterocycles. The highest BCUT2D eigenvalue weighted by atomic mass is 35.5. The summed E-state index contributed by atoms with van der Waals surface area (Å²) in [6, 6.07) is 6.64. The number of nitrogens with one attached hydrogen (secondary N) is 1. The zero-order valence-electron chi connectivity index (χ0n) is 8.32. The van der Waals surface area contributed by atoms with Crippen molar-refractivity contribution < 1.29 is 9.50 Å². The van der Waals surface area contributed by atoms with Crippen LogP contribution in [0.1, 0.15) is 11.5 Å². The average Bonchev–Trinajstić information content (AvgIpc) is 2.65. The quantitative estimate of drug-likeness (QED) is 0.810. The standard InChI is InChI=1S/C11H14FNO.ClH/c12-10-3-1-2-8(4-10)11-6-13-5-9(11)7-14;/h1-4,9,11,13-14H,5-7H2;1H. The zero-order valence-corrected chi connectivity index (χ0v) is 9.14. The van der Waals surface area contributed by atoms with Crippen molar-refractivity contribution in [2.24, 2.45) is 5.92 Å². The second kappa shape index (κ2) is 5.45. The van der Waals surface area contributed by atoms with Gasteiger partial charge in [0.2, 0.25) is 0 Å². The number of rotatable bonds is 2. The average molecular weight is 232 g/mol. The van der Waals surface area contributed by atoms with Gasteiger partial charge in [0.15, 0.2) is 0 Å². The van der Waals surface area contributed by atoms with Crippen LogP contribution in [0.2, 0.25) is 0 Å². The monoisotopic (exact) mass is 231 g/mol. The van der Waals surface area contributed by atoms with Crippen LogP contribution in [-0.4, -0.2) is 24.8 Å². The minimum Gasteiger partial charge on any atom is -0.396 e. The molecule has 2 unspecified atom stereocenters. The molecule has 1 aromatic rings. The molecule has 1 fully saturated rings. The number of hydrogen-bond acceptors (Lipinski definition) is 2. The van der Waals surface area contributed by atoms with Gasteiger partial charge < -0.3 is 10.4 Å². The van der Waals surface area contributed by atoms with Gasteiger partial charge in [-0.25, -0.2) is 4.39 Å². The summed E-state index contributed by atoms with van der Waals surface area (Å²) in [6.45, 7) is 1.81. The molecule has 0 bridgehead atoms. The molecule has 2 atom stereocenters. The summed E-state index contributed by atoms with van der Waals surface area (Å²) in [5.74, 6) is 0.263. The van der Waals surface area contributed by atoms with Gasteiger partial charge in [-0.15, -0.1) is 12.4 Å². The molecule has 0 radical (unpaired) electrons. The molecule has 1 aromatic carbocycles. The summed E-state index contributed by atoms with van der Waals surface area (Å²) in [6.07, 6.45) is 0. The Kier molecular flexibility index (Phi) is 4.51. The lowest BCUT2D eigenvalue weighted by molar-refractivity contribution is 0.226. The maximum atomic E-state index is 13.0. The predicted octanol–water partition coefficient (Wildman–Crippen LogP) is 1.54. The minimum absolute atomic E-state index is 0. The molecule has 84 valence electrons. The summed E-state index contributed by atoms with van der Waals surface area (Å²) < 4.78 is 13.0. The largest absolute Gasteiger partial charge is 0.396 e. The molecule has 1 heterocycles. The lowest BCUT2D eigenvalue weighted by Crippen LogP contribution is -2.14. The molecule has 2 nitrogen and oxygen atoms in total. The Morgan fingerprint density at radius 2 is 2.20 bits per heavy atom. The summed E-state index contributed by atoms with van der Waals surface area (Å²) >= 11 is 0. The highest BCUT2D eigenvalue weighted by Crippen LogP contribution is 2.27. The van der Waals surface area contributed by atoms with Crippen molar-refractivity contribution >= 4 is 12.4 Å². The summed E-state index contributed by atoms with van der Waals surface area (Å²) in [5.41, 5.74) is 0.981. The van der Waals surface area contributed by atoms with Gasteiger partial charge in [-0.3, -0.25) is 0 Å². The lowest BCUT2D eigenvalue weighted by Gasteiger charge is -2.16. The van der Waals surface area contributed by atoms with Crippen molar-refractivity contribution in [3.63, 3.8) is 0 Å². The third-order valence-electron chi connectivity index (χ3n) is 2.85. The molecule has 2 N–H and O–H groups in total. The van der Waals surface area contributed by atoms with Crippen LogP contribution < -0.4 is 5.32 Å². The van der Waals surface area contributed by atoms with Crippen molar-refractivity contribution in [1.82, 2.24) is 5.32 Å². The molecule has 2 rings (SSSR count). The molecular formula is C11H15ClFNO. The van der Waals surface area contributed by atoms with Crippen LogP contribution in [-0.2, 0) is 0 Å². The maximum Gasteiger partial charge on any atom is 0.123 e. The van der Waals surface area contributed by atoms with Gasteiger partial charge in [0.25, 0.3) is 0 Å². The van der Waals surface area contributed by atoms with Gasteiger partial charge in [0, 0.05) is 31.5 Å². The van der Waals surface area contributed by atoms with E-state index in [1.807, 2.05) is 6.07 Å². The Morgan fingerprint density at radius 3 is 2.87 bits per heavy atom. The second-order valence-electron chi connectivity index (χ2n) is 3.76. The molecule has 0 aliphatic carbocycles. The zero-order chi connectivity index (χ0) is 9.97. The molecule has 0 amide bonds. The highest BCUT2D eigenvalue weighted by molar-refractivity contribution is 5.85. The van der Waals surface area contributed by atoms with E-state index in [0.29, 0.717) is 0 Å². The maximum absolute atomic E-state index is 13.0. The van der Waals surface area contributed by atoms with Gasteiger partial charge >= 0.3 is 0 Å². The van der Waals surface area contributed by atoms with Gasteiger partial charge in [0.1, 0.15) is 5.82 Å². The fraction of sp³-hybridized carbons (Fsp3) is 0.455. The Balaban J connectivity index is 0.00000112. The first-order valence-electron chi connectivity index (χ1n) is 4.88. The molecule has 0 saturated carbocycles. The van der Waals surface area contributed by atoms with Gasteiger partial charge in [-0.1, -0.05) is 12.1 Å². The molecule has 15 heavy (non-hydrogen) atoms. The molecule has 1 aliphatic rings. The van der Waals surface area contributed by atoms with E-state index in [0.717, 1.165) is 18.7 Å². The van der Waals surface area contributed by atoms with E-state index >= 15 is 0 Å². The van der Waals surface area contributed by atoms with Crippen molar-refractivity contribution in [3.05, 3.63) is 35.6 Å². The fourth-order valence-corrected chi connectivity index (χ4v) is 2.05. The number of halogens is 2. The van der Waals surface area contributed by atoms with E-state index in [1.165, 1.54) is 6.07 Å². The van der Waals surface area contributed by atoms with Crippen LogP contribution in [0.5, 0.6) is 0 Å². The molecule has 0 spiro atoms. The van der Waals surface area contributed by atoms with E-state index in [9.17, 15) is 4.39 Å². The number of aliphatic hydroxyl groups excluding tert-OH is 1. The first-order chi connectivity index (χ1) is 6.81. The lowest BCUT2D eigenvalue weighted by atomic mass is 9.89. The Bertz CT molecular complexity index is 321. The fourth-order valence-electron chi connectivity index (χ4n) is 2.05. The highest BCUT2D eigenvalue weighted by Gasteiger charge is 2.27. The van der Waals surface area contributed by atoms with Crippen LogP contribution in [0.25, 0.3) is 0 Å². The van der Waals surface area contributed by atoms with Crippen LogP contribution >= 0.6 is 12.4 Å². The van der Waals surface area contributed by atoms with Gasteiger partial charge in [0.05, 0.1) is 0 Å². The van der Waals surface area contributed by atoms with Gasteiger partial charge in [-0.2, -0.15) is 0 Å². The summed E-state index contributed by atoms with van der Waals surface area (Å²) in [5, 5.41) is 12.3. The number of aliphatic hydroxyl groups is 1. The first kappa shape index (κ1) is 12.4. The molecular weight excluding hydrogens is 217 g/mol. The van der Waals surface area contributed by atoms with E-state index in [4.69, 9.17) is 5.11 Å². The molecule has 1 saturated heterocycles. The summed E-state index contributed by atoms with van der Waals surface area (Å²) in [4.78, 5) is 0. The van der Waals surface area contributed by atoms with Crippen LogP contribution in [0.4, 0.5) is 4.39 Å². The first-order valence-corrected chi connectivity index (χ1v) is 4.88. The van der Waals surface area contributed by atoms with Crippen LogP contribution in [0.3, 0.4) is 0 Å². The topological polar surface area (TPSA) is 32.3 Å². The third kappa shape index (κ3) is 2.68. The Hall–Kier alpha value is -0.640. The van der Waals surface area contributed by atoms with Gasteiger partial charge in [-0.05, 0) is 17.7 Å². The van der Waals surface area contributed by atoms with E-state index in [-0.39, 0.29) is 36.7 Å². The smallest absolute Gasteiger partial charge is 0.123 e. The van der Waals surface area contributed by atoms with E-state index in [2.05, 4.69) is 5.32 Å². The predicted molar refractivity (Wildman–Crippen MR) is 59.8 cm³/mol. The van der Waals surface area contributed by atoms with E-state index < -0.39 is 0 Å².